The first-order chi connectivity index (χ1) is 9.57. The number of nitrogens with one attached hydrogen (secondary N) is 1. The lowest BCUT2D eigenvalue weighted by molar-refractivity contribution is -0.136. The van der Waals surface area contributed by atoms with Crippen LogP contribution < -0.4 is 11.1 Å². The average Bonchev–Trinajstić information content (AvgIpc) is 2.46. The molecule has 0 bridgehead atoms. The molecule has 0 aromatic heterocycles. The third kappa shape index (κ3) is 3.37. The molecular weight excluding hydrogens is 327 g/mol. The Morgan fingerprint density at radius 1 is 1.45 bits per heavy atom. The molecule has 2 rings (SSSR count). The van der Waals surface area contributed by atoms with Crippen LogP contribution in [0.3, 0.4) is 0 Å². The van der Waals surface area contributed by atoms with Gasteiger partial charge in [0.05, 0.1) is 5.41 Å². The van der Waals surface area contributed by atoms with E-state index in [0.717, 1.165) is 5.56 Å². The molecule has 3 N–H and O–H groups in total. The minimum absolute atomic E-state index is 0.0560. The van der Waals surface area contributed by atoms with Crippen molar-refractivity contribution in [1.82, 2.24) is 5.32 Å². The second-order valence-corrected chi connectivity index (χ2v) is 5.87. The van der Waals surface area contributed by atoms with Gasteiger partial charge in [-0.05, 0) is 30.5 Å². The van der Waals surface area contributed by atoms with Gasteiger partial charge in [-0.25, -0.2) is 4.39 Å². The highest BCUT2D eigenvalue weighted by molar-refractivity contribution is 9.10. The zero-order chi connectivity index (χ0) is 14.6. The van der Waals surface area contributed by atoms with Crippen molar-refractivity contribution in [2.45, 2.75) is 19.4 Å². The first kappa shape index (κ1) is 15.4. The molecule has 0 unspecified atom stereocenters. The van der Waals surface area contributed by atoms with E-state index < -0.39 is 5.41 Å². The molecule has 1 amide bonds. The highest BCUT2D eigenvalue weighted by Crippen LogP contribution is 2.29. The van der Waals surface area contributed by atoms with E-state index in [4.69, 9.17) is 10.5 Å². The van der Waals surface area contributed by atoms with Gasteiger partial charge >= 0.3 is 0 Å². The summed E-state index contributed by atoms with van der Waals surface area (Å²) in [6.07, 6.45) is 1.28. The van der Waals surface area contributed by atoms with E-state index in [1.807, 2.05) is 0 Å². The van der Waals surface area contributed by atoms with Crippen molar-refractivity contribution in [1.29, 1.82) is 0 Å². The molecule has 0 saturated carbocycles. The molecule has 1 heterocycles. The topological polar surface area (TPSA) is 64.4 Å². The second-order valence-electron chi connectivity index (χ2n) is 5.02. The number of benzene rings is 1. The van der Waals surface area contributed by atoms with Crippen LogP contribution in [0.25, 0.3) is 0 Å². The molecule has 0 aliphatic carbocycles. The Bertz CT molecular complexity index is 490. The largest absolute Gasteiger partial charge is 0.381 e. The number of halogens is 2. The van der Waals surface area contributed by atoms with Gasteiger partial charge in [-0.2, -0.15) is 0 Å². The lowest BCUT2D eigenvalue weighted by Gasteiger charge is -2.34. The van der Waals surface area contributed by atoms with Crippen LogP contribution in [0.5, 0.6) is 0 Å². The molecule has 4 nitrogen and oxygen atoms in total. The van der Waals surface area contributed by atoms with E-state index in [9.17, 15) is 9.18 Å². The highest BCUT2D eigenvalue weighted by atomic mass is 79.9. The Morgan fingerprint density at radius 2 is 2.15 bits per heavy atom. The van der Waals surface area contributed by atoms with E-state index in [1.165, 1.54) is 12.1 Å². The predicted molar refractivity (Wildman–Crippen MR) is 77.5 cm³/mol. The van der Waals surface area contributed by atoms with Crippen LogP contribution in [0, 0.1) is 11.2 Å². The molecule has 0 spiro atoms. The molecule has 1 fully saturated rings. The van der Waals surface area contributed by atoms with Crippen molar-refractivity contribution in [3.05, 3.63) is 34.1 Å². The molecular formula is C14H18BrFN2O2. The van der Waals surface area contributed by atoms with Crippen LogP contribution in [0.4, 0.5) is 4.39 Å². The van der Waals surface area contributed by atoms with Crippen molar-refractivity contribution < 1.29 is 13.9 Å². The van der Waals surface area contributed by atoms with Crippen LogP contribution in [-0.4, -0.2) is 25.7 Å². The van der Waals surface area contributed by atoms with E-state index in [2.05, 4.69) is 21.2 Å². The maximum atomic E-state index is 13.0. The van der Waals surface area contributed by atoms with Gasteiger partial charge in [0.25, 0.3) is 0 Å². The fourth-order valence-corrected chi connectivity index (χ4v) is 2.81. The fourth-order valence-electron chi connectivity index (χ4n) is 2.31. The highest BCUT2D eigenvalue weighted by Gasteiger charge is 2.38. The number of ether oxygens (including phenoxy) is 1. The number of nitrogens with two attached hydrogens (primary N) is 1. The van der Waals surface area contributed by atoms with Gasteiger partial charge in [-0.15, -0.1) is 0 Å². The Balaban J connectivity index is 2.00. The second kappa shape index (κ2) is 6.65. The standard InChI is InChI=1S/C14H18BrFN2O2/c15-12-7-11(16)2-1-10(12)8-18-13(19)14(9-17)3-5-20-6-4-14/h1-2,7H,3-6,8-9,17H2,(H,18,19). The zero-order valence-corrected chi connectivity index (χ0v) is 12.7. The molecule has 1 aliphatic rings. The predicted octanol–water partition coefficient (Wildman–Crippen LogP) is 1.96. The summed E-state index contributed by atoms with van der Waals surface area (Å²) < 4.78 is 18.9. The van der Waals surface area contributed by atoms with Crippen LogP contribution in [-0.2, 0) is 16.1 Å². The number of rotatable bonds is 4. The third-order valence-corrected chi connectivity index (χ3v) is 4.52. The van der Waals surface area contributed by atoms with Gasteiger partial charge in [0.1, 0.15) is 5.82 Å². The summed E-state index contributed by atoms with van der Waals surface area (Å²) in [5, 5.41) is 2.89. The van der Waals surface area contributed by atoms with E-state index in [-0.39, 0.29) is 11.7 Å². The Morgan fingerprint density at radius 3 is 2.75 bits per heavy atom. The lowest BCUT2D eigenvalue weighted by atomic mass is 9.79. The van der Waals surface area contributed by atoms with E-state index >= 15 is 0 Å². The molecule has 1 aromatic carbocycles. The molecule has 1 saturated heterocycles. The third-order valence-electron chi connectivity index (χ3n) is 3.78. The SMILES string of the molecule is NCC1(C(=O)NCc2ccc(F)cc2Br)CCOCC1. The number of hydrogen-bond donors (Lipinski definition) is 2. The summed E-state index contributed by atoms with van der Waals surface area (Å²) in [5.41, 5.74) is 6.08. The molecule has 6 heteroatoms. The van der Waals surface area contributed by atoms with Gasteiger partial charge in [-0.1, -0.05) is 22.0 Å². The summed E-state index contributed by atoms with van der Waals surface area (Å²) in [7, 11) is 0. The van der Waals surface area contributed by atoms with Gasteiger partial charge in [0.2, 0.25) is 5.91 Å². The molecule has 110 valence electrons. The lowest BCUT2D eigenvalue weighted by Crippen LogP contribution is -2.49. The van der Waals surface area contributed by atoms with Crippen molar-refractivity contribution in [2.24, 2.45) is 11.1 Å². The summed E-state index contributed by atoms with van der Waals surface area (Å²) in [5.74, 6) is -0.366. The minimum atomic E-state index is -0.537. The van der Waals surface area contributed by atoms with Crippen molar-refractivity contribution >= 4 is 21.8 Å². The maximum Gasteiger partial charge on any atom is 0.227 e. The zero-order valence-electron chi connectivity index (χ0n) is 11.1. The van der Waals surface area contributed by atoms with E-state index in [0.29, 0.717) is 43.6 Å². The Hall–Kier alpha value is -0.980. The normalized spacial score (nSPS) is 17.8. The van der Waals surface area contributed by atoms with Gasteiger partial charge in [-0.3, -0.25) is 4.79 Å². The summed E-state index contributed by atoms with van der Waals surface area (Å²) in [6, 6.07) is 4.41. The molecule has 1 aromatic rings. The molecule has 0 radical (unpaired) electrons. The van der Waals surface area contributed by atoms with Gasteiger partial charge in [0, 0.05) is 30.8 Å². The quantitative estimate of drug-likeness (QED) is 0.877. The van der Waals surface area contributed by atoms with Crippen LogP contribution in [0.1, 0.15) is 18.4 Å². The van der Waals surface area contributed by atoms with Crippen LogP contribution in [0.15, 0.2) is 22.7 Å². The van der Waals surface area contributed by atoms with Crippen molar-refractivity contribution in [3.8, 4) is 0 Å². The van der Waals surface area contributed by atoms with Gasteiger partial charge < -0.3 is 15.8 Å². The van der Waals surface area contributed by atoms with Crippen molar-refractivity contribution in [3.63, 3.8) is 0 Å². The minimum Gasteiger partial charge on any atom is -0.381 e. The van der Waals surface area contributed by atoms with Crippen molar-refractivity contribution in [2.75, 3.05) is 19.8 Å². The Kier molecular flexibility index (Phi) is 5.12. The molecule has 1 aliphatic heterocycles. The number of amides is 1. The van der Waals surface area contributed by atoms with Crippen LogP contribution in [0.2, 0.25) is 0 Å². The molecule has 20 heavy (non-hydrogen) atoms. The maximum absolute atomic E-state index is 13.0. The number of hydrogen-bond acceptors (Lipinski definition) is 3. The Labute approximate surface area is 126 Å². The van der Waals surface area contributed by atoms with E-state index in [1.54, 1.807) is 6.07 Å². The summed E-state index contributed by atoms with van der Waals surface area (Å²) in [4.78, 5) is 12.4. The first-order valence-corrected chi connectivity index (χ1v) is 7.37. The monoisotopic (exact) mass is 344 g/mol. The van der Waals surface area contributed by atoms with Gasteiger partial charge in [0.15, 0.2) is 0 Å². The summed E-state index contributed by atoms with van der Waals surface area (Å²) in [6.45, 7) is 1.78. The number of carbonyl (C=O) groups is 1. The summed E-state index contributed by atoms with van der Waals surface area (Å²) >= 11 is 3.29. The fraction of sp³-hybridized carbons (Fsp3) is 0.500. The van der Waals surface area contributed by atoms with Crippen LogP contribution >= 0.6 is 15.9 Å². The first-order valence-electron chi connectivity index (χ1n) is 6.57. The number of carbonyl (C=O) groups excluding carboxylic acids is 1. The molecule has 0 atom stereocenters. The average molecular weight is 345 g/mol. The smallest absolute Gasteiger partial charge is 0.227 e.